The highest BCUT2D eigenvalue weighted by atomic mass is 35.5. The van der Waals surface area contributed by atoms with Gasteiger partial charge in [0.1, 0.15) is 35.1 Å². The Morgan fingerprint density at radius 2 is 2.16 bits per heavy atom. The van der Waals surface area contributed by atoms with Crippen LogP contribution in [0.1, 0.15) is 16.9 Å². The molecule has 2 atom stereocenters. The van der Waals surface area contributed by atoms with Crippen LogP contribution < -0.4 is 15.8 Å². The van der Waals surface area contributed by atoms with Gasteiger partial charge in [0.05, 0.1) is 21.3 Å². The molecule has 1 fully saturated rings. The topological polar surface area (TPSA) is 114 Å². The molecule has 0 radical (unpaired) electrons. The van der Waals surface area contributed by atoms with E-state index in [4.69, 9.17) is 22.1 Å². The normalized spacial score (nSPS) is 16.9. The fourth-order valence-corrected chi connectivity index (χ4v) is 5.10. The third-order valence-electron chi connectivity index (χ3n) is 5.75. The fourth-order valence-electron chi connectivity index (χ4n) is 4.01. The SMILES string of the molecule is N[C@@H]1C[C@H](C#Cc2cc3c(Nc4ccc(OCc5cccc(F)c5)c(Cl)c4)ncnc3s2)N(C(=O)O)C1. The highest BCUT2D eigenvalue weighted by Gasteiger charge is 2.32. The minimum Gasteiger partial charge on any atom is -0.487 e. The molecular weight excluding hydrogens is 517 g/mol. The van der Waals surface area contributed by atoms with Crippen LogP contribution in [-0.4, -0.2) is 44.7 Å². The zero-order valence-electron chi connectivity index (χ0n) is 19.3. The molecule has 3 heterocycles. The summed E-state index contributed by atoms with van der Waals surface area (Å²) in [5.41, 5.74) is 7.31. The minimum atomic E-state index is -1.02. The lowest BCUT2D eigenvalue weighted by atomic mass is 10.2. The summed E-state index contributed by atoms with van der Waals surface area (Å²) in [4.78, 5) is 22.9. The molecule has 0 unspecified atom stereocenters. The van der Waals surface area contributed by atoms with Gasteiger partial charge in [-0.3, -0.25) is 4.90 Å². The van der Waals surface area contributed by atoms with Crippen LogP contribution in [0.5, 0.6) is 5.75 Å². The van der Waals surface area contributed by atoms with Crippen molar-refractivity contribution in [3.8, 4) is 17.6 Å². The molecule has 1 amide bonds. The first-order chi connectivity index (χ1) is 17.9. The number of hydrogen-bond donors (Lipinski definition) is 3. The van der Waals surface area contributed by atoms with E-state index in [0.717, 1.165) is 15.1 Å². The summed E-state index contributed by atoms with van der Waals surface area (Å²) in [6, 6.07) is 12.6. The summed E-state index contributed by atoms with van der Waals surface area (Å²) in [6.45, 7) is 0.463. The molecule has 1 aliphatic heterocycles. The number of nitrogens with one attached hydrogen (secondary N) is 1. The molecule has 37 heavy (non-hydrogen) atoms. The molecule has 4 aromatic rings. The first-order valence-electron chi connectivity index (χ1n) is 11.3. The Morgan fingerprint density at radius 1 is 1.30 bits per heavy atom. The third kappa shape index (κ3) is 5.75. The van der Waals surface area contributed by atoms with Crippen LogP contribution in [0.4, 0.5) is 20.7 Å². The Balaban J connectivity index is 1.31. The largest absolute Gasteiger partial charge is 0.487 e. The van der Waals surface area contributed by atoms with Crippen molar-refractivity contribution in [3.05, 3.63) is 76.1 Å². The number of likely N-dealkylation sites (tertiary alicyclic amines) is 1. The average molecular weight is 538 g/mol. The molecule has 1 saturated heterocycles. The molecule has 0 aliphatic carbocycles. The van der Waals surface area contributed by atoms with Crippen LogP contribution in [0.3, 0.4) is 0 Å². The Bertz CT molecular complexity index is 1540. The number of fused-ring (bicyclic) bond motifs is 1. The van der Waals surface area contributed by atoms with Crippen LogP contribution in [0.25, 0.3) is 10.2 Å². The molecule has 1 aliphatic rings. The fraction of sp³-hybridized carbons (Fsp3) is 0.192. The summed E-state index contributed by atoms with van der Waals surface area (Å²) in [5.74, 6) is 6.83. The summed E-state index contributed by atoms with van der Waals surface area (Å²) in [7, 11) is 0. The van der Waals surface area contributed by atoms with Crippen LogP contribution >= 0.6 is 22.9 Å². The number of halogens is 2. The van der Waals surface area contributed by atoms with Gasteiger partial charge in [-0.1, -0.05) is 35.6 Å². The van der Waals surface area contributed by atoms with Crippen molar-refractivity contribution in [2.75, 3.05) is 11.9 Å². The van der Waals surface area contributed by atoms with Crippen LogP contribution in [0.2, 0.25) is 5.02 Å². The number of nitrogens with two attached hydrogens (primary N) is 1. The Kier molecular flexibility index (Phi) is 7.10. The quantitative estimate of drug-likeness (QED) is 0.298. The van der Waals surface area contributed by atoms with Gasteiger partial charge in [-0.05, 0) is 48.4 Å². The van der Waals surface area contributed by atoms with Gasteiger partial charge in [0.2, 0.25) is 0 Å². The van der Waals surface area contributed by atoms with Crippen molar-refractivity contribution in [1.29, 1.82) is 0 Å². The van der Waals surface area contributed by atoms with Crippen molar-refractivity contribution < 1.29 is 19.0 Å². The maximum atomic E-state index is 13.4. The predicted octanol–water partition coefficient (Wildman–Crippen LogP) is 5.24. The number of ether oxygens (including phenoxy) is 1. The molecule has 8 nitrogen and oxygen atoms in total. The van der Waals surface area contributed by atoms with E-state index in [1.54, 1.807) is 30.3 Å². The third-order valence-corrected chi connectivity index (χ3v) is 7.00. The maximum Gasteiger partial charge on any atom is 0.408 e. The molecule has 11 heteroatoms. The zero-order chi connectivity index (χ0) is 25.9. The van der Waals surface area contributed by atoms with Gasteiger partial charge in [0, 0.05) is 18.3 Å². The van der Waals surface area contributed by atoms with Crippen LogP contribution in [0.15, 0.2) is 54.9 Å². The minimum absolute atomic E-state index is 0.187. The van der Waals surface area contributed by atoms with Crippen molar-refractivity contribution in [2.45, 2.75) is 25.1 Å². The van der Waals surface area contributed by atoms with Gasteiger partial charge in [-0.2, -0.15) is 0 Å². The van der Waals surface area contributed by atoms with Gasteiger partial charge in [-0.15, -0.1) is 11.3 Å². The van der Waals surface area contributed by atoms with Crippen molar-refractivity contribution in [1.82, 2.24) is 14.9 Å². The maximum absolute atomic E-state index is 13.4. The second-order valence-corrected chi connectivity index (χ2v) is 9.89. The van der Waals surface area contributed by atoms with E-state index in [9.17, 15) is 14.3 Å². The molecule has 188 valence electrons. The number of nitrogens with zero attached hydrogens (tertiary/aromatic N) is 3. The molecule has 0 spiro atoms. The lowest BCUT2D eigenvalue weighted by molar-refractivity contribution is 0.148. The molecule has 4 N–H and O–H groups in total. The molecule has 2 aromatic carbocycles. The number of hydrogen-bond acceptors (Lipinski definition) is 7. The molecule has 0 saturated carbocycles. The van der Waals surface area contributed by atoms with Crippen LogP contribution in [0, 0.1) is 17.7 Å². The second kappa shape index (κ2) is 10.6. The van der Waals surface area contributed by atoms with E-state index in [2.05, 4.69) is 27.1 Å². The van der Waals surface area contributed by atoms with E-state index < -0.39 is 12.1 Å². The summed E-state index contributed by atoms with van der Waals surface area (Å²) >= 11 is 7.81. The molecule has 2 aromatic heterocycles. The number of thiophene rings is 1. The summed E-state index contributed by atoms with van der Waals surface area (Å²) < 4.78 is 19.1. The summed E-state index contributed by atoms with van der Waals surface area (Å²) in [6.07, 6.45) is 0.933. The number of benzene rings is 2. The van der Waals surface area contributed by atoms with Crippen molar-refractivity contribution in [2.24, 2.45) is 5.73 Å². The molecular formula is C26H21ClFN5O3S. The summed E-state index contributed by atoms with van der Waals surface area (Å²) in [5, 5.41) is 13.8. The molecule has 0 bridgehead atoms. The number of amides is 1. The van der Waals surface area contributed by atoms with Crippen molar-refractivity contribution >= 4 is 50.8 Å². The monoisotopic (exact) mass is 537 g/mol. The van der Waals surface area contributed by atoms with Crippen LogP contribution in [-0.2, 0) is 6.61 Å². The molecule has 5 rings (SSSR count). The van der Waals surface area contributed by atoms with Gasteiger partial charge >= 0.3 is 6.09 Å². The highest BCUT2D eigenvalue weighted by molar-refractivity contribution is 7.19. The van der Waals surface area contributed by atoms with E-state index in [1.165, 1.54) is 34.7 Å². The average Bonchev–Trinajstić information content (AvgIpc) is 3.46. The highest BCUT2D eigenvalue weighted by Crippen LogP contribution is 2.33. The van der Waals surface area contributed by atoms with E-state index in [1.807, 2.05) is 6.07 Å². The number of aromatic nitrogens is 2. The van der Waals surface area contributed by atoms with E-state index in [0.29, 0.717) is 34.3 Å². The first kappa shape index (κ1) is 24.8. The van der Waals surface area contributed by atoms with Crippen molar-refractivity contribution in [3.63, 3.8) is 0 Å². The zero-order valence-corrected chi connectivity index (χ0v) is 20.9. The lowest BCUT2D eigenvalue weighted by Gasteiger charge is -2.15. The van der Waals surface area contributed by atoms with Gasteiger partial charge < -0.3 is 20.9 Å². The lowest BCUT2D eigenvalue weighted by Crippen LogP contribution is -2.34. The predicted molar refractivity (Wildman–Crippen MR) is 141 cm³/mol. The van der Waals surface area contributed by atoms with Gasteiger partial charge in [0.15, 0.2) is 0 Å². The standard InChI is InChI=1S/C26H21ClFN5O3S/c27-22-10-18(4-7-23(22)36-13-15-2-1-3-16(28)8-15)32-24-21-11-20(37-25(21)31-14-30-24)6-5-19-9-17(29)12-33(19)26(34)35/h1-4,7-8,10-11,14,17,19H,9,12-13,29H2,(H,34,35)(H,30,31,32)/t17-,19+/m1/s1. The Hall–Kier alpha value is -3.91. The first-order valence-corrected chi connectivity index (χ1v) is 12.5. The number of rotatable bonds is 5. The number of carbonyl (C=O) groups is 1. The smallest absolute Gasteiger partial charge is 0.408 e. The number of anilines is 2. The Labute approximate surface area is 220 Å². The Morgan fingerprint density at radius 3 is 2.95 bits per heavy atom. The van der Waals surface area contributed by atoms with Gasteiger partial charge in [0.25, 0.3) is 0 Å². The van der Waals surface area contributed by atoms with E-state index >= 15 is 0 Å². The number of carboxylic acid groups (broad SMARTS) is 1. The van der Waals surface area contributed by atoms with Gasteiger partial charge in [-0.25, -0.2) is 19.2 Å². The second-order valence-electron chi connectivity index (χ2n) is 8.46. The van der Waals surface area contributed by atoms with E-state index in [-0.39, 0.29) is 25.0 Å².